The first kappa shape index (κ1) is 20.7. The third-order valence-corrected chi connectivity index (χ3v) is 4.48. The predicted octanol–water partition coefficient (Wildman–Crippen LogP) is 5.67. The van der Waals surface area contributed by atoms with E-state index in [-0.39, 0.29) is 11.8 Å². The number of carbonyl (C=O) groups is 2. The molecule has 0 aromatic heterocycles. The standard InChI is InChI=1S/C22H18Cl2N2O3/c1-14(27)25-13-15-2-4-16(5-3-15)22(28)26-20-12-18(24)8-11-21(20)29-19-9-6-17(23)7-10-19/h2-12H,13H2,1H3,(H,25,27)(H,26,28). The lowest BCUT2D eigenvalue weighted by atomic mass is 10.1. The zero-order valence-corrected chi connectivity index (χ0v) is 17.1. The van der Waals surface area contributed by atoms with E-state index in [0.29, 0.717) is 39.3 Å². The van der Waals surface area contributed by atoms with Gasteiger partial charge in [0.15, 0.2) is 5.75 Å². The smallest absolute Gasteiger partial charge is 0.255 e. The largest absolute Gasteiger partial charge is 0.455 e. The molecule has 0 radical (unpaired) electrons. The molecule has 29 heavy (non-hydrogen) atoms. The summed E-state index contributed by atoms with van der Waals surface area (Å²) in [6, 6.07) is 18.8. The third kappa shape index (κ3) is 5.98. The maximum atomic E-state index is 12.7. The Kier molecular flexibility index (Phi) is 6.75. The second-order valence-corrected chi connectivity index (χ2v) is 7.13. The molecule has 0 saturated heterocycles. The van der Waals surface area contributed by atoms with Crippen LogP contribution in [0, 0.1) is 0 Å². The maximum absolute atomic E-state index is 12.7. The van der Waals surface area contributed by atoms with Crippen molar-refractivity contribution in [3.63, 3.8) is 0 Å². The van der Waals surface area contributed by atoms with Crippen LogP contribution in [0.4, 0.5) is 5.69 Å². The highest BCUT2D eigenvalue weighted by molar-refractivity contribution is 6.31. The van der Waals surface area contributed by atoms with E-state index in [1.807, 2.05) is 0 Å². The van der Waals surface area contributed by atoms with Crippen LogP contribution in [0.5, 0.6) is 11.5 Å². The summed E-state index contributed by atoms with van der Waals surface area (Å²) in [6.45, 7) is 1.86. The minimum absolute atomic E-state index is 0.110. The van der Waals surface area contributed by atoms with E-state index in [1.54, 1.807) is 66.7 Å². The molecule has 2 amide bonds. The second-order valence-electron chi connectivity index (χ2n) is 6.26. The van der Waals surface area contributed by atoms with Crippen LogP contribution in [0.15, 0.2) is 66.7 Å². The highest BCUT2D eigenvalue weighted by atomic mass is 35.5. The molecule has 3 aromatic carbocycles. The molecule has 5 nitrogen and oxygen atoms in total. The molecule has 0 fully saturated rings. The summed E-state index contributed by atoms with van der Waals surface area (Å²) in [7, 11) is 0. The molecule has 2 N–H and O–H groups in total. The van der Waals surface area contributed by atoms with Crippen molar-refractivity contribution in [1.82, 2.24) is 5.32 Å². The molecule has 0 saturated carbocycles. The lowest BCUT2D eigenvalue weighted by Crippen LogP contribution is -2.19. The van der Waals surface area contributed by atoms with Crippen molar-refractivity contribution in [3.05, 3.63) is 87.9 Å². The molecular weight excluding hydrogens is 411 g/mol. The molecule has 3 aromatic rings. The van der Waals surface area contributed by atoms with Crippen molar-refractivity contribution in [2.75, 3.05) is 5.32 Å². The summed E-state index contributed by atoms with van der Waals surface area (Å²) in [4.78, 5) is 23.7. The number of hydrogen-bond donors (Lipinski definition) is 2. The van der Waals surface area contributed by atoms with E-state index in [2.05, 4.69) is 10.6 Å². The van der Waals surface area contributed by atoms with Crippen LogP contribution >= 0.6 is 23.2 Å². The number of ether oxygens (including phenoxy) is 1. The Morgan fingerprint density at radius 2 is 1.55 bits per heavy atom. The van der Waals surface area contributed by atoms with Crippen molar-refractivity contribution in [3.8, 4) is 11.5 Å². The molecule has 0 bridgehead atoms. The lowest BCUT2D eigenvalue weighted by Gasteiger charge is -2.13. The van der Waals surface area contributed by atoms with Gasteiger partial charge in [-0.3, -0.25) is 9.59 Å². The van der Waals surface area contributed by atoms with Crippen LogP contribution in [-0.2, 0) is 11.3 Å². The number of nitrogens with one attached hydrogen (secondary N) is 2. The maximum Gasteiger partial charge on any atom is 0.255 e. The van der Waals surface area contributed by atoms with Crippen molar-refractivity contribution < 1.29 is 14.3 Å². The summed E-state index contributed by atoms with van der Waals surface area (Å²) >= 11 is 12.0. The number of anilines is 1. The monoisotopic (exact) mass is 428 g/mol. The van der Waals surface area contributed by atoms with Gasteiger partial charge in [0.1, 0.15) is 5.75 Å². The summed E-state index contributed by atoms with van der Waals surface area (Å²) in [5, 5.41) is 6.60. The fraction of sp³-hybridized carbons (Fsp3) is 0.0909. The van der Waals surface area contributed by atoms with Gasteiger partial charge in [-0.25, -0.2) is 0 Å². The molecule has 0 spiro atoms. The SMILES string of the molecule is CC(=O)NCc1ccc(C(=O)Nc2cc(Cl)ccc2Oc2ccc(Cl)cc2)cc1. The van der Waals surface area contributed by atoms with Crippen LogP contribution in [0.2, 0.25) is 10.0 Å². The number of rotatable bonds is 6. The Bertz CT molecular complexity index is 1020. The van der Waals surface area contributed by atoms with Gasteiger partial charge in [0.25, 0.3) is 5.91 Å². The van der Waals surface area contributed by atoms with Crippen molar-refractivity contribution in [2.24, 2.45) is 0 Å². The Morgan fingerprint density at radius 1 is 0.897 bits per heavy atom. The molecule has 0 aliphatic rings. The van der Waals surface area contributed by atoms with Gasteiger partial charge in [0.2, 0.25) is 5.91 Å². The van der Waals surface area contributed by atoms with Crippen LogP contribution in [-0.4, -0.2) is 11.8 Å². The average molecular weight is 429 g/mol. The van der Waals surface area contributed by atoms with Crippen molar-refractivity contribution in [1.29, 1.82) is 0 Å². The first-order chi connectivity index (χ1) is 13.9. The van der Waals surface area contributed by atoms with E-state index in [9.17, 15) is 9.59 Å². The Morgan fingerprint density at radius 3 is 2.21 bits per heavy atom. The van der Waals surface area contributed by atoms with Crippen LogP contribution in [0.3, 0.4) is 0 Å². The molecule has 0 heterocycles. The predicted molar refractivity (Wildman–Crippen MR) is 115 cm³/mol. The van der Waals surface area contributed by atoms with Gasteiger partial charge in [0, 0.05) is 29.1 Å². The molecule has 3 rings (SSSR count). The number of benzene rings is 3. The zero-order valence-electron chi connectivity index (χ0n) is 15.5. The van der Waals surface area contributed by atoms with Crippen LogP contribution < -0.4 is 15.4 Å². The molecule has 148 valence electrons. The number of carbonyl (C=O) groups excluding carboxylic acids is 2. The third-order valence-electron chi connectivity index (χ3n) is 3.99. The second kappa shape index (κ2) is 9.45. The van der Waals surface area contributed by atoms with E-state index >= 15 is 0 Å². The first-order valence-electron chi connectivity index (χ1n) is 8.78. The fourth-order valence-corrected chi connectivity index (χ4v) is 2.81. The summed E-state index contributed by atoms with van der Waals surface area (Å²) < 4.78 is 5.86. The van der Waals surface area contributed by atoms with Crippen LogP contribution in [0.25, 0.3) is 0 Å². The molecule has 7 heteroatoms. The Hall–Kier alpha value is -3.02. The summed E-state index contributed by atoms with van der Waals surface area (Å²) in [6.07, 6.45) is 0. The van der Waals surface area contributed by atoms with Gasteiger partial charge in [0.05, 0.1) is 5.69 Å². The lowest BCUT2D eigenvalue weighted by molar-refractivity contribution is -0.119. The van der Waals surface area contributed by atoms with Gasteiger partial charge >= 0.3 is 0 Å². The highest BCUT2D eigenvalue weighted by Crippen LogP contribution is 2.32. The van der Waals surface area contributed by atoms with Crippen molar-refractivity contribution >= 4 is 40.7 Å². The zero-order chi connectivity index (χ0) is 20.8. The molecule has 0 aliphatic heterocycles. The number of halogens is 2. The minimum Gasteiger partial charge on any atom is -0.455 e. The first-order valence-corrected chi connectivity index (χ1v) is 9.54. The van der Waals surface area contributed by atoms with Crippen LogP contribution in [0.1, 0.15) is 22.8 Å². The topological polar surface area (TPSA) is 67.4 Å². The summed E-state index contributed by atoms with van der Waals surface area (Å²) in [5.74, 6) is 0.613. The molecule has 0 atom stereocenters. The molecular formula is C22H18Cl2N2O3. The van der Waals surface area contributed by atoms with Gasteiger partial charge in [-0.15, -0.1) is 0 Å². The quantitative estimate of drug-likeness (QED) is 0.530. The fourth-order valence-electron chi connectivity index (χ4n) is 2.51. The summed E-state index contributed by atoms with van der Waals surface area (Å²) in [5.41, 5.74) is 1.81. The van der Waals surface area contributed by atoms with Gasteiger partial charge in [-0.2, -0.15) is 0 Å². The van der Waals surface area contributed by atoms with Gasteiger partial charge in [-0.1, -0.05) is 35.3 Å². The highest BCUT2D eigenvalue weighted by Gasteiger charge is 2.12. The minimum atomic E-state index is -0.306. The van der Waals surface area contributed by atoms with E-state index in [1.165, 1.54) is 6.92 Å². The number of hydrogen-bond acceptors (Lipinski definition) is 3. The molecule has 0 unspecified atom stereocenters. The Labute approximate surface area is 178 Å². The van der Waals surface area contributed by atoms with Gasteiger partial charge in [-0.05, 0) is 60.2 Å². The van der Waals surface area contributed by atoms with E-state index < -0.39 is 0 Å². The average Bonchev–Trinajstić information content (AvgIpc) is 2.70. The normalized spacial score (nSPS) is 10.3. The van der Waals surface area contributed by atoms with E-state index in [4.69, 9.17) is 27.9 Å². The Balaban J connectivity index is 1.74. The van der Waals surface area contributed by atoms with Crippen molar-refractivity contribution in [2.45, 2.75) is 13.5 Å². The van der Waals surface area contributed by atoms with E-state index in [0.717, 1.165) is 5.56 Å². The van der Waals surface area contributed by atoms with Gasteiger partial charge < -0.3 is 15.4 Å². The molecule has 0 aliphatic carbocycles. The number of amides is 2.